The minimum Gasteiger partial charge on any atom is -0.339 e. The van der Waals surface area contributed by atoms with Crippen LogP contribution in [-0.2, 0) is 0 Å². The van der Waals surface area contributed by atoms with Gasteiger partial charge in [0.15, 0.2) is 5.82 Å². The van der Waals surface area contributed by atoms with Crippen LogP contribution in [0.1, 0.15) is 57.7 Å². The normalized spacial score (nSPS) is 27.4. The lowest BCUT2D eigenvalue weighted by atomic mass is 10.1. The molecule has 3 atom stereocenters. The molecule has 0 saturated heterocycles. The quantitative estimate of drug-likeness (QED) is 0.827. The standard InChI is InChI=1S/C11H19N3O/c1-6(7(2)12)10-13-9(14-15-10)8-5-11(8,3)4/h6-8H,5,12H2,1-4H3. The largest absolute Gasteiger partial charge is 0.339 e. The monoisotopic (exact) mass is 209 g/mol. The third kappa shape index (κ3) is 1.91. The van der Waals surface area contributed by atoms with Crippen molar-refractivity contribution in [3.05, 3.63) is 11.7 Å². The van der Waals surface area contributed by atoms with E-state index in [2.05, 4.69) is 24.0 Å². The third-order valence-corrected chi connectivity index (χ3v) is 3.46. The molecular weight excluding hydrogens is 190 g/mol. The summed E-state index contributed by atoms with van der Waals surface area (Å²) >= 11 is 0. The van der Waals surface area contributed by atoms with Crippen LogP contribution in [-0.4, -0.2) is 16.2 Å². The highest BCUT2D eigenvalue weighted by Crippen LogP contribution is 2.57. The fraction of sp³-hybridized carbons (Fsp3) is 0.818. The molecule has 4 nitrogen and oxygen atoms in total. The van der Waals surface area contributed by atoms with E-state index in [1.807, 2.05) is 13.8 Å². The Morgan fingerprint density at radius 1 is 1.47 bits per heavy atom. The molecule has 1 aliphatic rings. The Bertz CT molecular complexity index is 340. The number of hydrogen-bond acceptors (Lipinski definition) is 4. The minimum absolute atomic E-state index is 0.0468. The highest BCUT2D eigenvalue weighted by molar-refractivity contribution is 5.15. The Hall–Kier alpha value is -0.900. The second kappa shape index (κ2) is 3.30. The molecule has 2 N–H and O–H groups in total. The van der Waals surface area contributed by atoms with Gasteiger partial charge >= 0.3 is 0 Å². The van der Waals surface area contributed by atoms with Crippen LogP contribution in [0.4, 0.5) is 0 Å². The molecule has 84 valence electrons. The van der Waals surface area contributed by atoms with Crippen molar-refractivity contribution in [1.29, 1.82) is 0 Å². The van der Waals surface area contributed by atoms with Gasteiger partial charge in [-0.3, -0.25) is 0 Å². The predicted molar refractivity (Wildman–Crippen MR) is 57.5 cm³/mol. The van der Waals surface area contributed by atoms with Crippen LogP contribution in [0.15, 0.2) is 4.52 Å². The first-order chi connectivity index (χ1) is 6.92. The maximum atomic E-state index is 5.79. The van der Waals surface area contributed by atoms with Gasteiger partial charge in [-0.1, -0.05) is 25.9 Å². The van der Waals surface area contributed by atoms with Gasteiger partial charge in [0.2, 0.25) is 5.89 Å². The Balaban J connectivity index is 2.12. The molecule has 4 heteroatoms. The number of rotatable bonds is 3. The first kappa shape index (κ1) is 10.6. The van der Waals surface area contributed by atoms with Crippen molar-refractivity contribution in [2.45, 2.75) is 52.0 Å². The summed E-state index contributed by atoms with van der Waals surface area (Å²) in [6, 6.07) is 0.0468. The summed E-state index contributed by atoms with van der Waals surface area (Å²) in [6.45, 7) is 8.42. The van der Waals surface area contributed by atoms with Gasteiger partial charge in [0.05, 0.1) is 5.92 Å². The van der Waals surface area contributed by atoms with Gasteiger partial charge in [0.25, 0.3) is 0 Å². The van der Waals surface area contributed by atoms with E-state index in [1.54, 1.807) is 0 Å². The zero-order chi connectivity index (χ0) is 11.2. The summed E-state index contributed by atoms with van der Waals surface area (Å²) in [7, 11) is 0. The molecule has 15 heavy (non-hydrogen) atoms. The highest BCUT2D eigenvalue weighted by atomic mass is 16.5. The molecule has 1 saturated carbocycles. The lowest BCUT2D eigenvalue weighted by Crippen LogP contribution is -2.22. The van der Waals surface area contributed by atoms with E-state index in [9.17, 15) is 0 Å². The van der Waals surface area contributed by atoms with Crippen LogP contribution in [0, 0.1) is 5.41 Å². The lowest BCUT2D eigenvalue weighted by molar-refractivity contribution is 0.342. The average molecular weight is 209 g/mol. The van der Waals surface area contributed by atoms with Crippen LogP contribution in [0.5, 0.6) is 0 Å². The Morgan fingerprint density at radius 3 is 2.53 bits per heavy atom. The van der Waals surface area contributed by atoms with Gasteiger partial charge in [0, 0.05) is 12.0 Å². The molecule has 1 heterocycles. The molecule has 1 fully saturated rings. The Morgan fingerprint density at radius 2 is 2.07 bits per heavy atom. The summed E-state index contributed by atoms with van der Waals surface area (Å²) in [5.41, 5.74) is 6.14. The van der Waals surface area contributed by atoms with Gasteiger partial charge in [-0.15, -0.1) is 0 Å². The Kier molecular flexibility index (Phi) is 2.34. The first-order valence-electron chi connectivity index (χ1n) is 5.51. The summed E-state index contributed by atoms with van der Waals surface area (Å²) in [5.74, 6) is 2.12. The molecule has 1 aromatic heterocycles. The van der Waals surface area contributed by atoms with Crippen LogP contribution >= 0.6 is 0 Å². The molecule has 0 aromatic carbocycles. The van der Waals surface area contributed by atoms with Crippen molar-refractivity contribution in [1.82, 2.24) is 10.1 Å². The van der Waals surface area contributed by atoms with E-state index in [1.165, 1.54) is 0 Å². The van der Waals surface area contributed by atoms with Crippen molar-refractivity contribution in [3.8, 4) is 0 Å². The van der Waals surface area contributed by atoms with Gasteiger partial charge < -0.3 is 10.3 Å². The molecule has 2 rings (SSSR count). The maximum Gasteiger partial charge on any atom is 0.231 e. The van der Waals surface area contributed by atoms with Crippen molar-refractivity contribution < 1.29 is 4.52 Å². The molecule has 3 unspecified atom stereocenters. The fourth-order valence-electron chi connectivity index (χ4n) is 1.71. The second-order valence-electron chi connectivity index (χ2n) is 5.38. The molecule has 0 aliphatic heterocycles. The summed E-state index contributed by atoms with van der Waals surface area (Å²) in [4.78, 5) is 4.43. The SMILES string of the molecule is CC(N)C(C)c1nc(C2CC2(C)C)no1. The lowest BCUT2D eigenvalue weighted by Gasteiger charge is -2.09. The van der Waals surface area contributed by atoms with Crippen LogP contribution in [0.2, 0.25) is 0 Å². The summed E-state index contributed by atoms with van der Waals surface area (Å²) < 4.78 is 5.24. The number of nitrogens with zero attached hydrogens (tertiary/aromatic N) is 2. The molecular formula is C11H19N3O. The van der Waals surface area contributed by atoms with E-state index < -0.39 is 0 Å². The third-order valence-electron chi connectivity index (χ3n) is 3.46. The zero-order valence-electron chi connectivity index (χ0n) is 9.82. The molecule has 0 bridgehead atoms. The van der Waals surface area contributed by atoms with E-state index in [4.69, 9.17) is 10.3 Å². The summed E-state index contributed by atoms with van der Waals surface area (Å²) in [6.07, 6.45) is 1.15. The smallest absolute Gasteiger partial charge is 0.231 e. The van der Waals surface area contributed by atoms with Crippen LogP contribution in [0.3, 0.4) is 0 Å². The summed E-state index contributed by atoms with van der Waals surface area (Å²) in [5, 5.41) is 4.04. The van der Waals surface area contributed by atoms with E-state index >= 15 is 0 Å². The highest BCUT2D eigenvalue weighted by Gasteiger charge is 2.49. The van der Waals surface area contributed by atoms with E-state index in [-0.39, 0.29) is 12.0 Å². The van der Waals surface area contributed by atoms with Crippen molar-refractivity contribution >= 4 is 0 Å². The fourth-order valence-corrected chi connectivity index (χ4v) is 1.71. The molecule has 1 aliphatic carbocycles. The number of nitrogens with two attached hydrogens (primary N) is 1. The van der Waals surface area contributed by atoms with E-state index in [0.717, 1.165) is 12.2 Å². The number of aromatic nitrogens is 2. The van der Waals surface area contributed by atoms with Gasteiger partial charge in [-0.25, -0.2) is 0 Å². The van der Waals surface area contributed by atoms with Crippen LogP contribution < -0.4 is 5.73 Å². The van der Waals surface area contributed by atoms with Gasteiger partial charge in [-0.2, -0.15) is 4.98 Å². The van der Waals surface area contributed by atoms with Crippen LogP contribution in [0.25, 0.3) is 0 Å². The van der Waals surface area contributed by atoms with Crippen molar-refractivity contribution in [2.75, 3.05) is 0 Å². The predicted octanol–water partition coefficient (Wildman–Crippen LogP) is 2.03. The maximum absolute atomic E-state index is 5.79. The van der Waals surface area contributed by atoms with Crippen molar-refractivity contribution in [2.24, 2.45) is 11.1 Å². The zero-order valence-corrected chi connectivity index (χ0v) is 9.82. The van der Waals surface area contributed by atoms with Gasteiger partial charge in [0.1, 0.15) is 0 Å². The molecule has 1 aromatic rings. The van der Waals surface area contributed by atoms with Gasteiger partial charge in [-0.05, 0) is 18.8 Å². The Labute approximate surface area is 90.2 Å². The second-order valence-corrected chi connectivity index (χ2v) is 5.38. The van der Waals surface area contributed by atoms with E-state index in [0.29, 0.717) is 17.2 Å². The minimum atomic E-state index is 0.0468. The average Bonchev–Trinajstić information content (AvgIpc) is 2.64. The topological polar surface area (TPSA) is 64.9 Å². The molecule has 0 amide bonds. The van der Waals surface area contributed by atoms with Crippen molar-refractivity contribution in [3.63, 3.8) is 0 Å². The molecule has 0 radical (unpaired) electrons. The first-order valence-corrected chi connectivity index (χ1v) is 5.51. The molecule has 0 spiro atoms. The number of hydrogen-bond donors (Lipinski definition) is 1.